The van der Waals surface area contributed by atoms with E-state index in [0.717, 1.165) is 0 Å². The molecular weight excluding hydrogens is 112 g/mol. The van der Waals surface area contributed by atoms with E-state index in [1.54, 1.807) is 12.3 Å². The Morgan fingerprint density at radius 1 is 1.86 bits per heavy atom. The smallest absolute Gasteiger partial charge is 0.158 e. The van der Waals surface area contributed by atoms with Gasteiger partial charge >= 0.3 is 1.43 Å². The second-order valence-corrected chi connectivity index (χ2v) is 1.28. The van der Waals surface area contributed by atoms with Crippen LogP contribution in [0.1, 0.15) is 1.43 Å². The molecule has 0 amide bonds. The molecule has 0 aromatic carbocycles. The quantitative estimate of drug-likeness (QED) is 0.462. The predicted molar refractivity (Wildman–Crippen MR) is 29.0 cm³/mol. The van der Waals surface area contributed by atoms with E-state index in [4.69, 9.17) is 11.6 Å². The van der Waals surface area contributed by atoms with Crippen LogP contribution in [-0.2, 0) is 0 Å². The number of allylic oxidation sites excluding steroid dienone is 1. The summed E-state index contributed by atoms with van der Waals surface area (Å²) in [7, 11) is 0. The Labute approximate surface area is 47.7 Å². The molecule has 3 heteroatoms. The normalized spacial score (nSPS) is 22.1. The molecule has 0 saturated carbocycles. The van der Waals surface area contributed by atoms with Crippen molar-refractivity contribution in [3.63, 3.8) is 0 Å². The van der Waals surface area contributed by atoms with Gasteiger partial charge in [0.25, 0.3) is 0 Å². The van der Waals surface area contributed by atoms with E-state index in [0.29, 0.717) is 5.70 Å². The average Bonchev–Trinajstić information content (AvgIpc) is 2.14. The minimum atomic E-state index is 0. The summed E-state index contributed by atoms with van der Waals surface area (Å²) in [5, 5.41) is 7.12. The van der Waals surface area contributed by atoms with Crippen molar-refractivity contribution in [1.82, 2.24) is 0 Å². The zero-order valence-electron chi connectivity index (χ0n) is 4.50. The molecule has 0 N–H and O–H groups in total. The molecule has 2 nitrogen and oxygen atoms in total. The van der Waals surface area contributed by atoms with Crippen LogP contribution in [0.4, 0.5) is 0 Å². The van der Waals surface area contributed by atoms with Gasteiger partial charge in [0.1, 0.15) is 0 Å². The van der Waals surface area contributed by atoms with Crippen LogP contribution in [-0.4, -0.2) is 0 Å². The van der Waals surface area contributed by atoms with Gasteiger partial charge in [-0.05, 0) is 6.08 Å². The highest BCUT2D eigenvalue weighted by Crippen LogP contribution is 2.07. The first-order valence-electron chi connectivity index (χ1n) is 1.81. The lowest BCUT2D eigenvalue weighted by Crippen LogP contribution is -1.55. The third-order valence-electron chi connectivity index (χ3n) is 0.597. The topological polar surface area (TPSA) is 24.7 Å². The number of nitrogens with zero attached hydrogens (tertiary/aromatic N) is 2. The summed E-state index contributed by atoms with van der Waals surface area (Å²) < 4.78 is 0. The number of hydrogen-bond acceptors (Lipinski definition) is 2. The SMILES string of the molecule is ClC=C1C=CN=N1.[H+]. The van der Waals surface area contributed by atoms with Crippen LogP contribution >= 0.6 is 11.6 Å². The number of azo groups is 1. The highest BCUT2D eigenvalue weighted by atomic mass is 35.5. The van der Waals surface area contributed by atoms with E-state index < -0.39 is 0 Å². The summed E-state index contributed by atoms with van der Waals surface area (Å²) in [5.74, 6) is 0. The zero-order valence-corrected chi connectivity index (χ0v) is 4.26. The van der Waals surface area contributed by atoms with Crippen LogP contribution in [0.15, 0.2) is 33.7 Å². The second kappa shape index (κ2) is 1.89. The Balaban J connectivity index is 0.000000490. The number of hydrogen-bond donors (Lipinski definition) is 0. The fraction of sp³-hybridized carbons (Fsp3) is 0. The first kappa shape index (κ1) is 4.53. The summed E-state index contributed by atoms with van der Waals surface area (Å²) in [6.45, 7) is 0. The van der Waals surface area contributed by atoms with Gasteiger partial charge in [0, 0.05) is 5.54 Å². The van der Waals surface area contributed by atoms with Gasteiger partial charge in [-0.25, -0.2) is 0 Å². The van der Waals surface area contributed by atoms with E-state index in [1.807, 2.05) is 0 Å². The molecule has 0 bridgehead atoms. The maximum Gasteiger partial charge on any atom is 1.00 e. The minimum absolute atomic E-state index is 0. The van der Waals surface area contributed by atoms with Crippen molar-refractivity contribution in [1.29, 1.82) is 0 Å². The molecule has 0 aromatic heterocycles. The number of halogens is 1. The second-order valence-electron chi connectivity index (χ2n) is 1.07. The highest BCUT2D eigenvalue weighted by Gasteiger charge is 1.88. The van der Waals surface area contributed by atoms with E-state index in [9.17, 15) is 0 Å². The number of rotatable bonds is 0. The van der Waals surface area contributed by atoms with Gasteiger partial charge in [0.05, 0.1) is 11.9 Å². The Kier molecular flexibility index (Phi) is 1.22. The largest absolute Gasteiger partial charge is 1.00 e. The summed E-state index contributed by atoms with van der Waals surface area (Å²) >= 11 is 5.24. The average molecular weight is 116 g/mol. The molecule has 0 aliphatic carbocycles. The van der Waals surface area contributed by atoms with Gasteiger partial charge in [-0.3, -0.25) is 0 Å². The Morgan fingerprint density at radius 2 is 2.71 bits per heavy atom. The van der Waals surface area contributed by atoms with Crippen molar-refractivity contribution in [3.8, 4) is 0 Å². The van der Waals surface area contributed by atoms with Crippen molar-refractivity contribution in [2.45, 2.75) is 0 Å². The van der Waals surface area contributed by atoms with Gasteiger partial charge in [-0.2, -0.15) is 10.2 Å². The van der Waals surface area contributed by atoms with Crippen LogP contribution in [0.5, 0.6) is 0 Å². The van der Waals surface area contributed by atoms with E-state index in [2.05, 4.69) is 10.2 Å². The minimum Gasteiger partial charge on any atom is -0.158 e. The van der Waals surface area contributed by atoms with Crippen molar-refractivity contribution >= 4 is 11.6 Å². The molecule has 1 aliphatic heterocycles. The fourth-order valence-corrected chi connectivity index (χ4v) is 0.418. The molecule has 1 rings (SSSR count). The van der Waals surface area contributed by atoms with Crippen molar-refractivity contribution in [2.24, 2.45) is 10.2 Å². The van der Waals surface area contributed by atoms with Gasteiger partial charge in [0.2, 0.25) is 0 Å². The molecule has 0 atom stereocenters. The summed E-state index contributed by atoms with van der Waals surface area (Å²) in [4.78, 5) is 0. The molecule has 0 saturated heterocycles. The fourth-order valence-electron chi connectivity index (χ4n) is 0.301. The molecule has 7 heavy (non-hydrogen) atoms. The maximum atomic E-state index is 5.24. The lowest BCUT2D eigenvalue weighted by Gasteiger charge is -1.72. The molecule has 0 aromatic rings. The Bertz CT molecular complexity index is 136. The molecule has 0 unspecified atom stereocenters. The van der Waals surface area contributed by atoms with Crippen molar-refractivity contribution < 1.29 is 1.43 Å². The third-order valence-corrected chi connectivity index (χ3v) is 0.821. The van der Waals surface area contributed by atoms with Crippen LogP contribution < -0.4 is 0 Å². The van der Waals surface area contributed by atoms with Crippen LogP contribution in [0.2, 0.25) is 0 Å². The highest BCUT2D eigenvalue weighted by molar-refractivity contribution is 6.25. The van der Waals surface area contributed by atoms with Crippen LogP contribution in [0.3, 0.4) is 0 Å². The first-order valence-corrected chi connectivity index (χ1v) is 2.25. The molecule has 36 valence electrons. The summed E-state index contributed by atoms with van der Waals surface area (Å²) in [6, 6.07) is 0. The zero-order chi connectivity index (χ0) is 5.11. The molecule has 0 fully saturated rings. The summed E-state index contributed by atoms with van der Waals surface area (Å²) in [5.41, 5.74) is 2.09. The van der Waals surface area contributed by atoms with Gasteiger partial charge in [-0.15, -0.1) is 0 Å². The van der Waals surface area contributed by atoms with Crippen molar-refractivity contribution in [2.75, 3.05) is 0 Å². The lowest BCUT2D eigenvalue weighted by atomic mass is 10.5. The molecule has 0 spiro atoms. The van der Waals surface area contributed by atoms with Crippen molar-refractivity contribution in [3.05, 3.63) is 23.5 Å². The van der Waals surface area contributed by atoms with Crippen LogP contribution in [0.25, 0.3) is 0 Å². The first-order chi connectivity index (χ1) is 3.43. The van der Waals surface area contributed by atoms with Gasteiger partial charge in [-0.1, -0.05) is 11.6 Å². The Hall–Kier alpha value is -0.630. The molecule has 1 heterocycles. The predicted octanol–water partition coefficient (Wildman–Crippen LogP) is 2.16. The lowest BCUT2D eigenvalue weighted by molar-refractivity contribution is 1.24. The third kappa shape index (κ3) is 0.871. The van der Waals surface area contributed by atoms with Gasteiger partial charge in [0.15, 0.2) is 0 Å². The monoisotopic (exact) mass is 115 g/mol. The van der Waals surface area contributed by atoms with E-state index in [1.165, 1.54) is 5.54 Å². The van der Waals surface area contributed by atoms with E-state index in [-0.39, 0.29) is 1.43 Å². The Morgan fingerprint density at radius 3 is 3.00 bits per heavy atom. The van der Waals surface area contributed by atoms with Crippen LogP contribution in [0, 0.1) is 0 Å². The maximum absolute atomic E-state index is 5.24. The standard InChI is InChI=1S/C4H3ClN2/c5-3-4-1-2-6-7-4/h1-3H/p+1. The summed E-state index contributed by atoms with van der Waals surface area (Å²) in [6.07, 6.45) is 3.32. The van der Waals surface area contributed by atoms with Gasteiger partial charge < -0.3 is 0 Å². The van der Waals surface area contributed by atoms with E-state index >= 15 is 0 Å². The molecular formula is C4H4ClN2+. The molecule has 1 aliphatic rings. The molecule has 0 radical (unpaired) electrons.